The van der Waals surface area contributed by atoms with Gasteiger partial charge in [-0.1, -0.05) is 120 Å². The lowest BCUT2D eigenvalue weighted by Gasteiger charge is -2.21. The largest absolute Gasteiger partial charge is 0.0836 e. The Labute approximate surface area is 232 Å². The van der Waals surface area contributed by atoms with Crippen molar-refractivity contribution in [3.05, 3.63) is 130 Å². The van der Waals surface area contributed by atoms with E-state index in [2.05, 4.69) is 111 Å². The molecule has 182 valence electrons. The molecule has 0 saturated heterocycles. The molecule has 0 aliphatic heterocycles. The lowest BCUT2D eigenvalue weighted by atomic mass is 9.83. The average molecular weight is 527 g/mol. The van der Waals surface area contributed by atoms with Crippen LogP contribution in [0.5, 0.6) is 0 Å². The SMILES string of the molecule is Cc1ccc(-c2c3ccccc3c(-c3ccc(C)c4ccccc34)c3c(Cl)ccc(Cl)c23)c2ccccc12. The molecule has 0 spiro atoms. The minimum Gasteiger partial charge on any atom is -0.0836 e. The van der Waals surface area contributed by atoms with Crippen molar-refractivity contribution in [1.29, 1.82) is 0 Å². The first-order chi connectivity index (χ1) is 18.5. The molecule has 0 radical (unpaired) electrons. The Morgan fingerprint density at radius 3 is 1.11 bits per heavy atom. The van der Waals surface area contributed by atoms with Gasteiger partial charge >= 0.3 is 0 Å². The zero-order valence-electron chi connectivity index (χ0n) is 21.1. The average Bonchev–Trinajstić information content (AvgIpc) is 2.95. The summed E-state index contributed by atoms with van der Waals surface area (Å²) in [4.78, 5) is 0. The van der Waals surface area contributed by atoms with E-state index >= 15 is 0 Å². The van der Waals surface area contributed by atoms with E-state index in [-0.39, 0.29) is 0 Å². The van der Waals surface area contributed by atoms with Crippen molar-refractivity contribution in [2.24, 2.45) is 0 Å². The molecule has 7 aromatic rings. The van der Waals surface area contributed by atoms with Crippen LogP contribution in [0.3, 0.4) is 0 Å². The van der Waals surface area contributed by atoms with Gasteiger partial charge < -0.3 is 0 Å². The van der Waals surface area contributed by atoms with Gasteiger partial charge in [0.1, 0.15) is 0 Å². The predicted octanol–water partition coefficient (Wildman–Crippen LogP) is 11.6. The molecule has 7 rings (SSSR count). The van der Waals surface area contributed by atoms with Gasteiger partial charge in [0.15, 0.2) is 0 Å². The van der Waals surface area contributed by atoms with Crippen LogP contribution in [-0.2, 0) is 0 Å². The van der Waals surface area contributed by atoms with Crippen LogP contribution in [0.15, 0.2) is 109 Å². The molecule has 0 bridgehead atoms. The second-order valence-corrected chi connectivity index (χ2v) is 10.8. The summed E-state index contributed by atoms with van der Waals surface area (Å²) in [5.74, 6) is 0. The second-order valence-electron chi connectivity index (χ2n) is 10.0. The van der Waals surface area contributed by atoms with Crippen molar-refractivity contribution in [3.63, 3.8) is 0 Å². The van der Waals surface area contributed by atoms with Crippen molar-refractivity contribution >= 4 is 66.3 Å². The summed E-state index contributed by atoms with van der Waals surface area (Å²) < 4.78 is 0. The Bertz CT molecular complexity index is 1920. The fourth-order valence-corrected chi connectivity index (χ4v) is 6.63. The number of benzene rings is 7. The van der Waals surface area contributed by atoms with Crippen molar-refractivity contribution in [2.75, 3.05) is 0 Å². The molecule has 0 aliphatic carbocycles. The summed E-state index contributed by atoms with van der Waals surface area (Å²) in [5.41, 5.74) is 7.09. The predicted molar refractivity (Wildman–Crippen MR) is 167 cm³/mol. The van der Waals surface area contributed by atoms with Crippen LogP contribution >= 0.6 is 23.2 Å². The summed E-state index contributed by atoms with van der Waals surface area (Å²) in [7, 11) is 0. The van der Waals surface area contributed by atoms with Crippen molar-refractivity contribution in [3.8, 4) is 22.3 Å². The van der Waals surface area contributed by atoms with Gasteiger partial charge in [-0.15, -0.1) is 0 Å². The number of hydrogen-bond donors (Lipinski definition) is 0. The molecule has 0 amide bonds. The van der Waals surface area contributed by atoms with Crippen LogP contribution in [0.25, 0.3) is 65.3 Å². The molecule has 0 atom stereocenters. The Balaban J connectivity index is 1.75. The van der Waals surface area contributed by atoms with E-state index in [0.29, 0.717) is 10.0 Å². The molecule has 0 heterocycles. The zero-order chi connectivity index (χ0) is 26.0. The van der Waals surface area contributed by atoms with Crippen LogP contribution in [0.1, 0.15) is 11.1 Å². The minimum absolute atomic E-state index is 0.701. The van der Waals surface area contributed by atoms with Gasteiger partial charge in [0.2, 0.25) is 0 Å². The van der Waals surface area contributed by atoms with Gasteiger partial charge in [-0.2, -0.15) is 0 Å². The Hall–Kier alpha value is -3.84. The normalized spacial score (nSPS) is 11.7. The van der Waals surface area contributed by atoms with Gasteiger partial charge in [0, 0.05) is 20.8 Å². The van der Waals surface area contributed by atoms with Crippen LogP contribution in [0.4, 0.5) is 0 Å². The fourth-order valence-electron chi connectivity index (χ4n) is 6.12. The maximum absolute atomic E-state index is 7.11. The van der Waals surface area contributed by atoms with E-state index in [1.165, 1.54) is 32.7 Å². The number of hydrogen-bond acceptors (Lipinski definition) is 0. The first-order valence-corrected chi connectivity index (χ1v) is 13.6. The maximum Gasteiger partial charge on any atom is 0.0492 e. The van der Waals surface area contributed by atoms with Crippen LogP contribution in [-0.4, -0.2) is 0 Å². The number of fused-ring (bicyclic) bond motifs is 4. The van der Waals surface area contributed by atoms with E-state index in [9.17, 15) is 0 Å². The van der Waals surface area contributed by atoms with E-state index in [0.717, 1.165) is 43.8 Å². The summed E-state index contributed by atoms with van der Waals surface area (Å²) in [5, 5.41) is 10.6. The van der Waals surface area contributed by atoms with Crippen LogP contribution < -0.4 is 0 Å². The van der Waals surface area contributed by atoms with Crippen LogP contribution in [0.2, 0.25) is 10.0 Å². The molecular weight excluding hydrogens is 503 g/mol. The summed E-state index contributed by atoms with van der Waals surface area (Å²) in [6, 6.07) is 38.6. The van der Waals surface area contributed by atoms with E-state index in [1.54, 1.807) is 0 Å². The lowest BCUT2D eigenvalue weighted by Crippen LogP contribution is -1.94. The Morgan fingerprint density at radius 1 is 0.368 bits per heavy atom. The van der Waals surface area contributed by atoms with Gasteiger partial charge in [0.05, 0.1) is 0 Å². The molecule has 0 N–H and O–H groups in total. The molecular formula is C36H24Cl2. The van der Waals surface area contributed by atoms with Crippen LogP contribution in [0, 0.1) is 13.8 Å². The summed E-state index contributed by atoms with van der Waals surface area (Å²) in [6.07, 6.45) is 0. The third-order valence-electron chi connectivity index (χ3n) is 7.89. The van der Waals surface area contributed by atoms with E-state index in [1.807, 2.05) is 12.1 Å². The highest BCUT2D eigenvalue weighted by atomic mass is 35.5. The van der Waals surface area contributed by atoms with Crippen molar-refractivity contribution in [1.82, 2.24) is 0 Å². The molecule has 0 aliphatic rings. The molecule has 7 aromatic carbocycles. The first kappa shape index (κ1) is 23.3. The molecule has 0 saturated carbocycles. The summed E-state index contributed by atoms with van der Waals surface area (Å²) >= 11 is 14.2. The highest BCUT2D eigenvalue weighted by Gasteiger charge is 2.22. The zero-order valence-corrected chi connectivity index (χ0v) is 22.7. The third kappa shape index (κ3) is 3.38. The molecule has 0 unspecified atom stereocenters. The Kier molecular flexibility index (Phi) is 5.44. The number of halogens is 2. The maximum atomic E-state index is 7.11. The third-order valence-corrected chi connectivity index (χ3v) is 8.52. The topological polar surface area (TPSA) is 0 Å². The van der Waals surface area contributed by atoms with Gasteiger partial charge in [-0.05, 0) is 91.7 Å². The van der Waals surface area contributed by atoms with Crippen molar-refractivity contribution in [2.45, 2.75) is 13.8 Å². The highest BCUT2D eigenvalue weighted by Crippen LogP contribution is 2.50. The first-order valence-electron chi connectivity index (χ1n) is 12.8. The molecule has 0 nitrogen and oxygen atoms in total. The van der Waals surface area contributed by atoms with Gasteiger partial charge in [-0.3, -0.25) is 0 Å². The van der Waals surface area contributed by atoms with Crippen molar-refractivity contribution < 1.29 is 0 Å². The van der Waals surface area contributed by atoms with E-state index in [4.69, 9.17) is 23.2 Å². The van der Waals surface area contributed by atoms with Gasteiger partial charge in [0.25, 0.3) is 0 Å². The fraction of sp³-hybridized carbons (Fsp3) is 0.0556. The molecule has 0 fully saturated rings. The smallest absolute Gasteiger partial charge is 0.0492 e. The second kappa shape index (κ2) is 8.88. The van der Waals surface area contributed by atoms with E-state index < -0.39 is 0 Å². The Morgan fingerprint density at radius 2 is 0.711 bits per heavy atom. The number of aryl methyl sites for hydroxylation is 2. The standard InChI is InChI=1S/C36H24Cl2/c1-21-15-17-29(25-11-5-3-9-23(21)25)33-27-13-7-8-14-28(27)34(36-32(38)20-19-31(37)35(33)36)30-18-16-22(2)24-10-4-6-12-26(24)30/h3-20H,1-2H3. The molecule has 0 aromatic heterocycles. The quantitative estimate of drug-likeness (QED) is 0.196. The number of rotatable bonds is 2. The molecule has 2 heteroatoms. The summed E-state index contributed by atoms with van der Waals surface area (Å²) in [6.45, 7) is 4.33. The minimum atomic E-state index is 0.701. The van der Waals surface area contributed by atoms with Gasteiger partial charge in [-0.25, -0.2) is 0 Å². The molecule has 38 heavy (non-hydrogen) atoms. The monoisotopic (exact) mass is 526 g/mol. The highest BCUT2D eigenvalue weighted by molar-refractivity contribution is 6.45. The lowest BCUT2D eigenvalue weighted by molar-refractivity contribution is 1.53.